The van der Waals surface area contributed by atoms with Gasteiger partial charge < -0.3 is 10.1 Å². The zero-order valence-electron chi connectivity index (χ0n) is 10.5. The van der Waals surface area contributed by atoms with Gasteiger partial charge in [0.25, 0.3) is 0 Å². The van der Waals surface area contributed by atoms with Crippen LogP contribution in [0.3, 0.4) is 0 Å². The molecule has 0 bridgehead atoms. The summed E-state index contributed by atoms with van der Waals surface area (Å²) in [5.41, 5.74) is 0.889. The molecule has 0 amide bonds. The molecule has 5 nitrogen and oxygen atoms in total. The van der Waals surface area contributed by atoms with E-state index in [-0.39, 0.29) is 5.25 Å². The SMILES string of the molecule is COc1cccc(Nc2nnc(S[C@@H](C)C#N)s2)c1. The van der Waals surface area contributed by atoms with Crippen LogP contribution in [0.2, 0.25) is 0 Å². The third-order valence-corrected chi connectivity index (χ3v) is 4.10. The van der Waals surface area contributed by atoms with Crippen LogP contribution in [0.1, 0.15) is 6.92 Å². The van der Waals surface area contributed by atoms with E-state index in [2.05, 4.69) is 21.6 Å². The Morgan fingerprint density at radius 3 is 3.05 bits per heavy atom. The Labute approximate surface area is 119 Å². The largest absolute Gasteiger partial charge is 0.497 e. The Bertz CT molecular complexity index is 593. The molecule has 98 valence electrons. The highest BCUT2D eigenvalue weighted by Gasteiger charge is 2.09. The van der Waals surface area contributed by atoms with Gasteiger partial charge in [0, 0.05) is 11.8 Å². The number of benzene rings is 1. The van der Waals surface area contributed by atoms with Crippen LogP contribution in [0.15, 0.2) is 28.6 Å². The van der Waals surface area contributed by atoms with Crippen LogP contribution in [0.4, 0.5) is 10.8 Å². The van der Waals surface area contributed by atoms with Crippen molar-refractivity contribution in [3.05, 3.63) is 24.3 Å². The summed E-state index contributed by atoms with van der Waals surface area (Å²) in [7, 11) is 1.63. The summed E-state index contributed by atoms with van der Waals surface area (Å²) in [5.74, 6) is 0.780. The number of aromatic nitrogens is 2. The Balaban J connectivity index is 2.05. The normalized spacial score (nSPS) is 11.6. The number of nitrogens with one attached hydrogen (secondary N) is 1. The molecule has 7 heteroatoms. The van der Waals surface area contributed by atoms with Crippen LogP contribution in [-0.4, -0.2) is 22.6 Å². The van der Waals surface area contributed by atoms with Gasteiger partial charge in [-0.05, 0) is 19.1 Å². The standard InChI is InChI=1S/C12H12N4OS2/c1-8(7-13)18-12-16-15-11(19-12)14-9-4-3-5-10(6-9)17-2/h3-6,8H,1-2H3,(H,14,15)/t8-/m0/s1. The molecule has 1 atom stereocenters. The average Bonchev–Trinajstić information content (AvgIpc) is 2.86. The number of hydrogen-bond donors (Lipinski definition) is 1. The van der Waals surface area contributed by atoms with Crippen molar-refractivity contribution in [2.75, 3.05) is 12.4 Å². The predicted molar refractivity (Wildman–Crippen MR) is 77.1 cm³/mol. The van der Waals surface area contributed by atoms with E-state index in [4.69, 9.17) is 10.00 Å². The van der Waals surface area contributed by atoms with Gasteiger partial charge in [0.05, 0.1) is 18.4 Å². The van der Waals surface area contributed by atoms with E-state index in [9.17, 15) is 0 Å². The number of thioether (sulfide) groups is 1. The van der Waals surface area contributed by atoms with Crippen LogP contribution in [0.5, 0.6) is 5.75 Å². The summed E-state index contributed by atoms with van der Waals surface area (Å²) in [4.78, 5) is 0. The molecule has 0 spiro atoms. The summed E-state index contributed by atoms with van der Waals surface area (Å²) < 4.78 is 5.93. The lowest BCUT2D eigenvalue weighted by atomic mass is 10.3. The van der Waals surface area contributed by atoms with Crippen LogP contribution < -0.4 is 10.1 Å². The van der Waals surface area contributed by atoms with Crippen molar-refractivity contribution in [1.29, 1.82) is 5.26 Å². The van der Waals surface area contributed by atoms with Crippen molar-refractivity contribution in [2.24, 2.45) is 0 Å². The predicted octanol–water partition coefficient (Wildman–Crippen LogP) is 3.29. The second kappa shape index (κ2) is 6.41. The van der Waals surface area contributed by atoms with Gasteiger partial charge in [0.15, 0.2) is 4.34 Å². The van der Waals surface area contributed by atoms with E-state index in [1.54, 1.807) is 7.11 Å². The lowest BCUT2D eigenvalue weighted by molar-refractivity contribution is 0.415. The van der Waals surface area contributed by atoms with Gasteiger partial charge in [0.2, 0.25) is 5.13 Å². The average molecular weight is 292 g/mol. The fourth-order valence-electron chi connectivity index (χ4n) is 1.31. The fraction of sp³-hybridized carbons (Fsp3) is 0.250. The second-order valence-electron chi connectivity index (χ2n) is 3.62. The molecule has 1 aromatic carbocycles. The topological polar surface area (TPSA) is 70.8 Å². The summed E-state index contributed by atoms with van der Waals surface area (Å²) in [6.07, 6.45) is 0. The first-order chi connectivity index (χ1) is 9.21. The number of rotatable bonds is 5. The van der Waals surface area contributed by atoms with Crippen molar-refractivity contribution < 1.29 is 4.74 Å². The summed E-state index contributed by atoms with van der Waals surface area (Å²) in [5, 5.41) is 20.5. The molecule has 1 N–H and O–H groups in total. The lowest BCUT2D eigenvalue weighted by Gasteiger charge is -2.04. The number of ether oxygens (including phenoxy) is 1. The van der Waals surface area contributed by atoms with Gasteiger partial charge in [-0.2, -0.15) is 5.26 Å². The maximum absolute atomic E-state index is 8.75. The van der Waals surface area contributed by atoms with Crippen molar-refractivity contribution >= 4 is 33.9 Å². The molecule has 0 aliphatic heterocycles. The number of hydrogen-bond acceptors (Lipinski definition) is 7. The molecule has 0 saturated carbocycles. The number of nitrogens with zero attached hydrogens (tertiary/aromatic N) is 3. The quantitative estimate of drug-likeness (QED) is 0.853. The molecule has 0 aliphatic rings. The molecule has 19 heavy (non-hydrogen) atoms. The summed E-state index contributed by atoms with van der Waals surface area (Å²) in [6.45, 7) is 1.83. The first-order valence-corrected chi connectivity index (χ1v) is 7.21. The maximum atomic E-state index is 8.75. The molecule has 2 aromatic rings. The van der Waals surface area contributed by atoms with Gasteiger partial charge in [0.1, 0.15) is 5.75 Å². The van der Waals surface area contributed by atoms with E-state index in [0.717, 1.165) is 15.8 Å². The first kappa shape index (κ1) is 13.6. The van der Waals surface area contributed by atoms with E-state index in [0.29, 0.717) is 5.13 Å². The molecule has 2 rings (SSSR count). The van der Waals surface area contributed by atoms with Crippen molar-refractivity contribution in [3.8, 4) is 11.8 Å². The van der Waals surface area contributed by atoms with Crippen molar-refractivity contribution in [3.63, 3.8) is 0 Å². The van der Waals surface area contributed by atoms with Crippen LogP contribution in [0, 0.1) is 11.3 Å². The Morgan fingerprint density at radius 1 is 1.47 bits per heavy atom. The highest BCUT2D eigenvalue weighted by Crippen LogP contribution is 2.30. The monoisotopic (exact) mass is 292 g/mol. The number of anilines is 2. The zero-order chi connectivity index (χ0) is 13.7. The van der Waals surface area contributed by atoms with E-state index in [1.165, 1.54) is 23.1 Å². The molecule has 0 fully saturated rings. The molecule has 1 heterocycles. The second-order valence-corrected chi connectivity index (χ2v) is 6.18. The first-order valence-electron chi connectivity index (χ1n) is 5.52. The van der Waals surface area contributed by atoms with Crippen LogP contribution in [-0.2, 0) is 0 Å². The Hall–Kier alpha value is -1.78. The van der Waals surface area contributed by atoms with Gasteiger partial charge in [-0.15, -0.1) is 10.2 Å². The molecule has 1 aromatic heterocycles. The highest BCUT2D eigenvalue weighted by molar-refractivity contribution is 8.01. The third-order valence-electron chi connectivity index (χ3n) is 2.19. The van der Waals surface area contributed by atoms with Gasteiger partial charge >= 0.3 is 0 Å². The smallest absolute Gasteiger partial charge is 0.210 e. The van der Waals surface area contributed by atoms with E-state index >= 15 is 0 Å². The third kappa shape index (κ3) is 3.84. The van der Waals surface area contributed by atoms with Crippen LogP contribution >= 0.6 is 23.1 Å². The molecule has 0 radical (unpaired) electrons. The van der Waals surface area contributed by atoms with Crippen molar-refractivity contribution in [2.45, 2.75) is 16.5 Å². The Kier molecular flexibility index (Phi) is 4.60. The molecule has 0 unspecified atom stereocenters. The summed E-state index contributed by atoms with van der Waals surface area (Å²) in [6, 6.07) is 9.73. The van der Waals surface area contributed by atoms with Crippen molar-refractivity contribution in [1.82, 2.24) is 10.2 Å². The summed E-state index contributed by atoms with van der Waals surface area (Å²) >= 11 is 2.82. The number of nitriles is 1. The minimum Gasteiger partial charge on any atom is -0.497 e. The van der Waals surface area contributed by atoms with Gasteiger partial charge in [-0.25, -0.2) is 0 Å². The number of methoxy groups -OCH3 is 1. The highest BCUT2D eigenvalue weighted by atomic mass is 32.2. The molecular formula is C12H12N4OS2. The zero-order valence-corrected chi connectivity index (χ0v) is 12.1. The van der Waals surface area contributed by atoms with Crippen LogP contribution in [0.25, 0.3) is 0 Å². The van der Waals surface area contributed by atoms with Gasteiger partial charge in [-0.3, -0.25) is 0 Å². The minimum absolute atomic E-state index is 0.127. The van der Waals surface area contributed by atoms with E-state index in [1.807, 2.05) is 31.2 Å². The molecule has 0 saturated heterocycles. The van der Waals surface area contributed by atoms with Gasteiger partial charge in [-0.1, -0.05) is 29.2 Å². The minimum atomic E-state index is -0.127. The Morgan fingerprint density at radius 2 is 2.32 bits per heavy atom. The van der Waals surface area contributed by atoms with E-state index < -0.39 is 0 Å². The lowest BCUT2D eigenvalue weighted by Crippen LogP contribution is -1.90. The fourth-order valence-corrected chi connectivity index (χ4v) is 3.11. The maximum Gasteiger partial charge on any atom is 0.210 e. The molecule has 0 aliphatic carbocycles. The molecular weight excluding hydrogens is 280 g/mol.